The summed E-state index contributed by atoms with van der Waals surface area (Å²) in [6.07, 6.45) is 5.54. The van der Waals surface area contributed by atoms with E-state index in [0.29, 0.717) is 0 Å². The van der Waals surface area contributed by atoms with Gasteiger partial charge in [-0.25, -0.2) is 0 Å². The number of benzene rings is 3. The highest BCUT2D eigenvalue weighted by molar-refractivity contribution is 5.61. The fourth-order valence-electron chi connectivity index (χ4n) is 4.15. The van der Waals surface area contributed by atoms with Crippen molar-refractivity contribution in [3.8, 4) is 0 Å². The van der Waals surface area contributed by atoms with E-state index in [1.807, 2.05) is 0 Å². The smallest absolute Gasteiger partial charge is 0.0670 e. The third-order valence-corrected chi connectivity index (χ3v) is 5.24. The van der Waals surface area contributed by atoms with Gasteiger partial charge in [-0.3, -0.25) is 0 Å². The molecule has 0 unspecified atom stereocenters. The van der Waals surface area contributed by atoms with Gasteiger partial charge >= 0.3 is 0 Å². The molecule has 0 radical (unpaired) electrons. The standard InChI is InChI=1S/C25H22/c1-20-12-11-19-24(20)25(21-13-5-2-6-14-21,22-15-7-3-8-16-22)23-17-9-4-10-18-23/h2-18H,19H2,1H3. The Balaban J connectivity index is 2.11. The Bertz CT molecular complexity index is 803. The summed E-state index contributed by atoms with van der Waals surface area (Å²) < 4.78 is 0. The van der Waals surface area contributed by atoms with Gasteiger partial charge in [0.05, 0.1) is 5.41 Å². The van der Waals surface area contributed by atoms with Crippen LogP contribution in [0.2, 0.25) is 0 Å². The van der Waals surface area contributed by atoms with Gasteiger partial charge in [-0.1, -0.05) is 109 Å². The number of rotatable bonds is 4. The molecule has 0 amide bonds. The van der Waals surface area contributed by atoms with Crippen molar-refractivity contribution in [2.75, 3.05) is 0 Å². The van der Waals surface area contributed by atoms with Gasteiger partial charge in [0.2, 0.25) is 0 Å². The Morgan fingerprint density at radius 2 is 1.00 bits per heavy atom. The van der Waals surface area contributed by atoms with E-state index in [2.05, 4.69) is 110 Å². The van der Waals surface area contributed by atoms with Gasteiger partial charge < -0.3 is 0 Å². The first kappa shape index (κ1) is 15.7. The highest BCUT2D eigenvalue weighted by Crippen LogP contribution is 2.49. The average Bonchev–Trinajstić information content (AvgIpc) is 3.12. The van der Waals surface area contributed by atoms with Crippen LogP contribution in [-0.2, 0) is 5.41 Å². The molecule has 1 aliphatic carbocycles. The van der Waals surface area contributed by atoms with Gasteiger partial charge in [0, 0.05) is 0 Å². The number of allylic oxidation sites excluding steroid dienone is 4. The molecule has 122 valence electrons. The quantitative estimate of drug-likeness (QED) is 0.495. The zero-order valence-electron chi connectivity index (χ0n) is 14.5. The molecule has 0 nitrogen and oxygen atoms in total. The number of hydrogen-bond acceptors (Lipinski definition) is 0. The molecule has 1 aliphatic rings. The van der Waals surface area contributed by atoms with Crippen molar-refractivity contribution in [3.63, 3.8) is 0 Å². The Labute approximate surface area is 150 Å². The molecule has 0 N–H and O–H groups in total. The molecular formula is C25H22. The van der Waals surface area contributed by atoms with E-state index < -0.39 is 0 Å². The van der Waals surface area contributed by atoms with Gasteiger partial charge in [-0.05, 0) is 35.6 Å². The highest BCUT2D eigenvalue weighted by atomic mass is 14.4. The van der Waals surface area contributed by atoms with E-state index in [4.69, 9.17) is 0 Å². The molecule has 0 spiro atoms. The summed E-state index contributed by atoms with van der Waals surface area (Å²) in [7, 11) is 0. The van der Waals surface area contributed by atoms with Crippen LogP contribution in [0.1, 0.15) is 30.0 Å². The van der Waals surface area contributed by atoms with E-state index in [9.17, 15) is 0 Å². The average molecular weight is 322 g/mol. The topological polar surface area (TPSA) is 0 Å². The maximum atomic E-state index is 2.29. The Kier molecular flexibility index (Phi) is 4.11. The summed E-state index contributed by atoms with van der Waals surface area (Å²) in [6, 6.07) is 32.7. The van der Waals surface area contributed by atoms with Gasteiger partial charge in [0.15, 0.2) is 0 Å². The maximum absolute atomic E-state index is 2.29. The van der Waals surface area contributed by atoms with Crippen LogP contribution >= 0.6 is 0 Å². The van der Waals surface area contributed by atoms with Crippen molar-refractivity contribution in [1.82, 2.24) is 0 Å². The lowest BCUT2D eigenvalue weighted by atomic mass is 9.63. The first-order valence-electron chi connectivity index (χ1n) is 8.87. The van der Waals surface area contributed by atoms with Crippen molar-refractivity contribution in [3.05, 3.63) is 131 Å². The third-order valence-electron chi connectivity index (χ3n) is 5.24. The molecule has 0 saturated heterocycles. The van der Waals surface area contributed by atoms with Gasteiger partial charge in [0.1, 0.15) is 0 Å². The summed E-state index contributed by atoms with van der Waals surface area (Å²) >= 11 is 0. The van der Waals surface area contributed by atoms with Crippen LogP contribution in [-0.4, -0.2) is 0 Å². The molecule has 0 atom stereocenters. The van der Waals surface area contributed by atoms with Crippen molar-refractivity contribution >= 4 is 0 Å². The molecule has 3 aromatic rings. The zero-order chi connectivity index (χ0) is 17.1. The Morgan fingerprint density at radius 3 is 1.32 bits per heavy atom. The summed E-state index contributed by atoms with van der Waals surface area (Å²) in [5, 5.41) is 0. The second kappa shape index (κ2) is 6.57. The van der Waals surface area contributed by atoms with E-state index >= 15 is 0 Å². The summed E-state index contributed by atoms with van der Waals surface area (Å²) in [4.78, 5) is 0. The lowest BCUT2D eigenvalue weighted by Crippen LogP contribution is -2.32. The Morgan fingerprint density at radius 1 is 0.600 bits per heavy atom. The zero-order valence-corrected chi connectivity index (χ0v) is 14.5. The van der Waals surface area contributed by atoms with Gasteiger partial charge in [0.25, 0.3) is 0 Å². The largest absolute Gasteiger partial charge is 0.0801 e. The normalized spacial score (nSPS) is 14.1. The molecule has 0 fully saturated rings. The molecule has 4 rings (SSSR count). The SMILES string of the molecule is CC1=C(C(c2ccccc2)(c2ccccc2)c2ccccc2)CC=C1. The fraction of sp³-hybridized carbons (Fsp3) is 0.120. The predicted octanol–water partition coefficient (Wildman–Crippen LogP) is 6.30. The maximum Gasteiger partial charge on any atom is 0.0670 e. The molecule has 0 aliphatic heterocycles. The number of hydrogen-bond donors (Lipinski definition) is 0. The van der Waals surface area contributed by atoms with Gasteiger partial charge in [-0.15, -0.1) is 0 Å². The van der Waals surface area contributed by atoms with Crippen molar-refractivity contribution in [2.45, 2.75) is 18.8 Å². The van der Waals surface area contributed by atoms with Crippen LogP contribution < -0.4 is 0 Å². The summed E-state index contributed by atoms with van der Waals surface area (Å²) in [5.41, 5.74) is 6.56. The van der Waals surface area contributed by atoms with Crippen LogP contribution in [0.15, 0.2) is 114 Å². The van der Waals surface area contributed by atoms with Crippen LogP contribution in [0.25, 0.3) is 0 Å². The Hall–Kier alpha value is -2.86. The predicted molar refractivity (Wildman–Crippen MR) is 106 cm³/mol. The minimum Gasteiger partial charge on any atom is -0.0801 e. The molecule has 0 aromatic heterocycles. The second-order valence-corrected chi connectivity index (χ2v) is 6.62. The van der Waals surface area contributed by atoms with E-state index in [0.717, 1.165) is 6.42 Å². The molecule has 0 heteroatoms. The fourth-order valence-corrected chi connectivity index (χ4v) is 4.15. The second-order valence-electron chi connectivity index (χ2n) is 6.62. The lowest BCUT2D eigenvalue weighted by molar-refractivity contribution is 0.705. The van der Waals surface area contributed by atoms with E-state index in [1.165, 1.54) is 27.8 Å². The van der Waals surface area contributed by atoms with Gasteiger partial charge in [-0.2, -0.15) is 0 Å². The van der Waals surface area contributed by atoms with Crippen molar-refractivity contribution in [2.24, 2.45) is 0 Å². The highest BCUT2D eigenvalue weighted by Gasteiger charge is 2.40. The van der Waals surface area contributed by atoms with Crippen LogP contribution in [0, 0.1) is 0 Å². The van der Waals surface area contributed by atoms with Crippen LogP contribution in [0.4, 0.5) is 0 Å². The summed E-state index contributed by atoms with van der Waals surface area (Å²) in [5.74, 6) is 0. The first-order valence-corrected chi connectivity index (χ1v) is 8.87. The molecule has 0 bridgehead atoms. The molecule has 0 saturated carbocycles. The molecular weight excluding hydrogens is 300 g/mol. The monoisotopic (exact) mass is 322 g/mol. The van der Waals surface area contributed by atoms with E-state index in [1.54, 1.807) is 0 Å². The molecule has 25 heavy (non-hydrogen) atoms. The van der Waals surface area contributed by atoms with Crippen LogP contribution in [0.5, 0.6) is 0 Å². The first-order chi connectivity index (χ1) is 12.3. The molecule has 3 aromatic carbocycles. The van der Waals surface area contributed by atoms with Crippen molar-refractivity contribution in [1.29, 1.82) is 0 Å². The molecule has 0 heterocycles. The summed E-state index contributed by atoms with van der Waals surface area (Å²) in [6.45, 7) is 2.24. The van der Waals surface area contributed by atoms with Crippen LogP contribution in [0.3, 0.4) is 0 Å². The van der Waals surface area contributed by atoms with E-state index in [-0.39, 0.29) is 5.41 Å². The minimum atomic E-state index is -0.253. The minimum absolute atomic E-state index is 0.253. The lowest BCUT2D eigenvalue weighted by Gasteiger charge is -2.38. The third kappa shape index (κ3) is 2.55. The van der Waals surface area contributed by atoms with Crippen molar-refractivity contribution < 1.29 is 0 Å².